The van der Waals surface area contributed by atoms with Crippen molar-refractivity contribution in [1.29, 1.82) is 0 Å². The van der Waals surface area contributed by atoms with Gasteiger partial charge in [0.05, 0.1) is 12.1 Å². The maximum Gasteiger partial charge on any atom is 0.336 e. The molecule has 2 aliphatic rings. The molecule has 7 heteroatoms. The van der Waals surface area contributed by atoms with Crippen LogP contribution in [-0.4, -0.2) is 45.2 Å². The molecule has 2 aromatic rings. The molecule has 0 atom stereocenters. The third kappa shape index (κ3) is 4.03. The average molecular weight is 449 g/mol. The van der Waals surface area contributed by atoms with Crippen molar-refractivity contribution < 1.29 is 24.3 Å². The number of unbranched alkanes of at least 4 members (excludes halogenated alkanes) is 1. The van der Waals surface area contributed by atoms with Crippen LogP contribution in [0.4, 0.5) is 0 Å². The van der Waals surface area contributed by atoms with Crippen LogP contribution in [0.2, 0.25) is 0 Å². The molecule has 0 bridgehead atoms. The molecule has 1 aliphatic carbocycles. The fourth-order valence-corrected chi connectivity index (χ4v) is 4.86. The van der Waals surface area contributed by atoms with Crippen molar-refractivity contribution in [3.63, 3.8) is 0 Å². The van der Waals surface area contributed by atoms with Gasteiger partial charge < -0.3 is 5.11 Å². The third-order valence-corrected chi connectivity index (χ3v) is 6.71. The van der Waals surface area contributed by atoms with Crippen molar-refractivity contribution in [2.24, 2.45) is 5.41 Å². The zero-order chi connectivity index (χ0) is 23.6. The van der Waals surface area contributed by atoms with Crippen molar-refractivity contribution in [2.75, 3.05) is 6.54 Å². The van der Waals surface area contributed by atoms with Gasteiger partial charge in [-0.2, -0.15) is 0 Å². The standard InChI is InChI=1S/C26H28N2O5/c1-2-3-16-27-24(32)26(14-6-7-15-26)25(33)28(27)17-18-10-12-19(13-11-18)22(29)20-8-4-5-9-21(20)23(30)31/h4-5,8-13H,2-3,6-7,14-17H2,1H3,(H,30,31). The van der Waals surface area contributed by atoms with E-state index in [0.717, 1.165) is 31.2 Å². The van der Waals surface area contributed by atoms with Crippen LogP contribution in [0.15, 0.2) is 48.5 Å². The summed E-state index contributed by atoms with van der Waals surface area (Å²) in [5, 5.41) is 12.6. The van der Waals surface area contributed by atoms with Gasteiger partial charge in [-0.1, -0.05) is 68.7 Å². The van der Waals surface area contributed by atoms with Gasteiger partial charge >= 0.3 is 5.97 Å². The number of aromatic carboxylic acids is 1. The molecule has 2 aromatic carbocycles. The highest BCUT2D eigenvalue weighted by Crippen LogP contribution is 2.46. The SMILES string of the molecule is CCCCN1C(=O)C2(CCCC2)C(=O)N1Cc1ccc(C(=O)c2ccccc2C(=O)O)cc1. The van der Waals surface area contributed by atoms with Crippen molar-refractivity contribution in [3.8, 4) is 0 Å². The number of benzene rings is 2. The molecule has 7 nitrogen and oxygen atoms in total. The maximum atomic E-state index is 13.3. The highest BCUT2D eigenvalue weighted by molar-refractivity contribution is 6.14. The zero-order valence-electron chi connectivity index (χ0n) is 18.8. The Morgan fingerprint density at radius 1 is 0.909 bits per heavy atom. The first-order valence-electron chi connectivity index (χ1n) is 11.5. The maximum absolute atomic E-state index is 13.3. The Kier molecular flexibility index (Phi) is 6.31. The van der Waals surface area contributed by atoms with E-state index in [4.69, 9.17) is 0 Å². The quantitative estimate of drug-likeness (QED) is 0.485. The van der Waals surface area contributed by atoms with Crippen molar-refractivity contribution in [2.45, 2.75) is 52.0 Å². The number of hydrogen-bond donors (Lipinski definition) is 1. The first-order chi connectivity index (χ1) is 15.9. The van der Waals surface area contributed by atoms with Crippen molar-refractivity contribution in [3.05, 3.63) is 70.8 Å². The highest BCUT2D eigenvalue weighted by atomic mass is 16.4. The van der Waals surface area contributed by atoms with Gasteiger partial charge in [0, 0.05) is 17.7 Å². The smallest absolute Gasteiger partial charge is 0.336 e. The molecule has 4 rings (SSSR count). The summed E-state index contributed by atoms with van der Waals surface area (Å²) < 4.78 is 0. The van der Waals surface area contributed by atoms with Gasteiger partial charge in [-0.05, 0) is 30.9 Å². The molecular weight excluding hydrogens is 420 g/mol. The number of carbonyl (C=O) groups excluding carboxylic acids is 3. The van der Waals surface area contributed by atoms with Gasteiger partial charge in [-0.25, -0.2) is 9.80 Å². The lowest BCUT2D eigenvalue weighted by Gasteiger charge is -2.27. The summed E-state index contributed by atoms with van der Waals surface area (Å²) in [7, 11) is 0. The van der Waals surface area contributed by atoms with Crippen LogP contribution in [-0.2, 0) is 16.1 Å². The van der Waals surface area contributed by atoms with Crippen LogP contribution < -0.4 is 0 Å². The van der Waals surface area contributed by atoms with Gasteiger partial charge in [-0.15, -0.1) is 0 Å². The van der Waals surface area contributed by atoms with Gasteiger partial charge in [0.2, 0.25) is 0 Å². The number of hydrazine groups is 1. The van der Waals surface area contributed by atoms with Crippen LogP contribution >= 0.6 is 0 Å². The molecule has 2 amide bonds. The predicted octanol–water partition coefficient (Wildman–Crippen LogP) is 4.06. The molecule has 1 heterocycles. The van der Waals surface area contributed by atoms with E-state index < -0.39 is 11.4 Å². The van der Waals surface area contributed by atoms with E-state index in [9.17, 15) is 24.3 Å². The number of rotatable bonds is 8. The van der Waals surface area contributed by atoms with Crippen LogP contribution in [0.3, 0.4) is 0 Å². The van der Waals surface area contributed by atoms with Gasteiger partial charge in [0.25, 0.3) is 11.8 Å². The molecule has 172 valence electrons. The van der Waals surface area contributed by atoms with Crippen LogP contribution in [0.25, 0.3) is 0 Å². The van der Waals surface area contributed by atoms with Gasteiger partial charge in [0.1, 0.15) is 5.41 Å². The molecule has 1 N–H and O–H groups in total. The Balaban J connectivity index is 1.56. The number of nitrogens with zero attached hydrogens (tertiary/aromatic N) is 2. The third-order valence-electron chi connectivity index (χ3n) is 6.71. The van der Waals surface area contributed by atoms with E-state index in [1.807, 2.05) is 0 Å². The summed E-state index contributed by atoms with van der Waals surface area (Å²) in [6, 6.07) is 12.9. The Morgan fingerprint density at radius 2 is 1.52 bits per heavy atom. The molecule has 0 aromatic heterocycles. The molecule has 1 saturated carbocycles. The van der Waals surface area contributed by atoms with E-state index in [2.05, 4.69) is 6.92 Å². The Morgan fingerprint density at radius 3 is 2.12 bits per heavy atom. The lowest BCUT2D eigenvalue weighted by atomic mass is 9.85. The number of amides is 2. The zero-order valence-corrected chi connectivity index (χ0v) is 18.8. The number of carbonyl (C=O) groups is 4. The minimum Gasteiger partial charge on any atom is -0.478 e. The van der Waals surface area contributed by atoms with Crippen molar-refractivity contribution >= 4 is 23.6 Å². The lowest BCUT2D eigenvalue weighted by Crippen LogP contribution is -2.40. The fraction of sp³-hybridized carbons (Fsp3) is 0.385. The largest absolute Gasteiger partial charge is 0.478 e. The minimum absolute atomic E-state index is 0.0406. The molecule has 0 unspecified atom stereocenters. The second-order valence-electron chi connectivity index (χ2n) is 8.81. The van der Waals surface area contributed by atoms with Crippen LogP contribution in [0.5, 0.6) is 0 Å². The van der Waals surface area contributed by atoms with E-state index in [1.165, 1.54) is 12.1 Å². The normalized spacial score (nSPS) is 17.2. The van der Waals surface area contributed by atoms with Crippen LogP contribution in [0, 0.1) is 5.41 Å². The molecule has 0 radical (unpaired) electrons. The van der Waals surface area contributed by atoms with E-state index in [0.29, 0.717) is 24.9 Å². The van der Waals surface area contributed by atoms with Crippen molar-refractivity contribution in [1.82, 2.24) is 10.0 Å². The molecule has 33 heavy (non-hydrogen) atoms. The first kappa shape index (κ1) is 22.7. The molecule has 1 spiro atoms. The number of hydrogen-bond acceptors (Lipinski definition) is 4. The molecular formula is C26H28N2O5. The molecule has 1 aliphatic heterocycles. The van der Waals surface area contributed by atoms with Gasteiger partial charge in [-0.3, -0.25) is 19.4 Å². The number of carboxylic acid groups (broad SMARTS) is 1. The minimum atomic E-state index is -1.15. The Hall–Kier alpha value is -3.48. The molecule has 1 saturated heterocycles. The van der Waals surface area contributed by atoms with Crippen LogP contribution in [0.1, 0.15) is 77.3 Å². The fourth-order valence-electron chi connectivity index (χ4n) is 4.86. The summed E-state index contributed by atoms with van der Waals surface area (Å²) in [5.74, 6) is -1.71. The number of ketones is 1. The lowest BCUT2D eigenvalue weighted by molar-refractivity contribution is -0.148. The Labute approximate surface area is 193 Å². The summed E-state index contributed by atoms with van der Waals surface area (Å²) in [6.45, 7) is 2.83. The van der Waals surface area contributed by atoms with E-state index in [1.54, 1.807) is 46.4 Å². The summed E-state index contributed by atoms with van der Waals surface area (Å²) >= 11 is 0. The monoisotopic (exact) mass is 448 g/mol. The topological polar surface area (TPSA) is 95.0 Å². The number of carboxylic acids is 1. The summed E-state index contributed by atoms with van der Waals surface area (Å²) in [4.78, 5) is 50.9. The van der Waals surface area contributed by atoms with Gasteiger partial charge in [0.15, 0.2) is 5.78 Å². The Bertz CT molecular complexity index is 1090. The predicted molar refractivity (Wildman–Crippen MR) is 121 cm³/mol. The van der Waals surface area contributed by atoms with E-state index >= 15 is 0 Å². The average Bonchev–Trinajstić information content (AvgIpc) is 3.39. The molecule has 2 fully saturated rings. The highest BCUT2D eigenvalue weighted by Gasteiger charge is 2.58. The summed E-state index contributed by atoms with van der Waals surface area (Å²) in [5.41, 5.74) is 0.361. The second kappa shape index (κ2) is 9.17. The van der Waals surface area contributed by atoms with E-state index in [-0.39, 0.29) is 35.3 Å². The second-order valence-corrected chi connectivity index (χ2v) is 8.81. The summed E-state index contributed by atoms with van der Waals surface area (Å²) in [6.07, 6.45) is 4.75. The first-order valence-corrected chi connectivity index (χ1v) is 11.5.